The number of anilines is 1. The molecule has 0 aliphatic carbocycles. The first-order chi connectivity index (χ1) is 9.51. The fourth-order valence-corrected chi connectivity index (χ4v) is 2.88. The number of halogens is 2. The third-order valence-corrected chi connectivity index (χ3v) is 4.02. The zero-order valence-electron chi connectivity index (χ0n) is 11.7. The lowest BCUT2D eigenvalue weighted by Gasteiger charge is -2.13. The number of rotatable bonds is 4. The zero-order chi connectivity index (χ0) is 14.7. The molecule has 0 amide bonds. The van der Waals surface area contributed by atoms with Crippen molar-refractivity contribution in [3.8, 4) is 0 Å². The summed E-state index contributed by atoms with van der Waals surface area (Å²) >= 11 is 9.47. The number of nitrogens with one attached hydrogen (secondary N) is 1. The highest BCUT2D eigenvalue weighted by Crippen LogP contribution is 2.29. The summed E-state index contributed by atoms with van der Waals surface area (Å²) in [6.45, 7) is 4.25. The predicted octanol–water partition coefficient (Wildman–Crippen LogP) is 4.65. The van der Waals surface area contributed by atoms with Crippen molar-refractivity contribution >= 4 is 33.3 Å². The van der Waals surface area contributed by atoms with Gasteiger partial charge in [-0.2, -0.15) is 0 Å². The fourth-order valence-electron chi connectivity index (χ4n) is 1.92. The maximum absolute atomic E-state index is 5.90. The van der Waals surface area contributed by atoms with Gasteiger partial charge in [-0.05, 0) is 39.5 Å². The smallest absolute Gasteiger partial charge is 0.144 e. The predicted molar refractivity (Wildman–Crippen MR) is 87.6 cm³/mol. The SMILES string of the molecule is CNc1nc(Cc2ccc(Cl)cc2)nc(C(C)C)c1Br. The number of hydrogen-bond acceptors (Lipinski definition) is 3. The second kappa shape index (κ2) is 6.55. The molecule has 0 saturated carbocycles. The van der Waals surface area contributed by atoms with E-state index in [4.69, 9.17) is 11.6 Å². The molecule has 1 heterocycles. The molecular formula is C15H17BrClN3. The van der Waals surface area contributed by atoms with Crippen molar-refractivity contribution in [1.29, 1.82) is 0 Å². The Kier molecular flexibility index (Phi) is 5.00. The van der Waals surface area contributed by atoms with Crippen LogP contribution in [0, 0.1) is 0 Å². The topological polar surface area (TPSA) is 37.8 Å². The molecule has 0 bridgehead atoms. The molecule has 2 rings (SSSR count). The molecule has 0 saturated heterocycles. The summed E-state index contributed by atoms with van der Waals surface area (Å²) in [4.78, 5) is 9.22. The van der Waals surface area contributed by atoms with E-state index in [0.29, 0.717) is 12.3 Å². The van der Waals surface area contributed by atoms with E-state index < -0.39 is 0 Å². The number of hydrogen-bond donors (Lipinski definition) is 1. The van der Waals surface area contributed by atoms with Gasteiger partial charge in [-0.1, -0.05) is 37.6 Å². The van der Waals surface area contributed by atoms with Crippen LogP contribution in [0.2, 0.25) is 5.02 Å². The number of benzene rings is 1. The molecular weight excluding hydrogens is 338 g/mol. The average Bonchev–Trinajstić information content (AvgIpc) is 2.42. The summed E-state index contributed by atoms with van der Waals surface area (Å²) in [6.07, 6.45) is 0.693. The van der Waals surface area contributed by atoms with Gasteiger partial charge in [-0.15, -0.1) is 0 Å². The Hall–Kier alpha value is -1.13. The standard InChI is InChI=1S/C15H17BrClN3/c1-9(2)14-13(16)15(18-3)20-12(19-14)8-10-4-6-11(17)7-5-10/h4-7,9H,8H2,1-3H3,(H,18,19,20). The Morgan fingerprint density at radius 3 is 2.40 bits per heavy atom. The van der Waals surface area contributed by atoms with Crippen LogP contribution in [-0.4, -0.2) is 17.0 Å². The molecule has 0 aliphatic rings. The van der Waals surface area contributed by atoms with Crippen LogP contribution in [0.25, 0.3) is 0 Å². The molecule has 5 heteroatoms. The molecule has 0 aliphatic heterocycles. The first-order valence-electron chi connectivity index (χ1n) is 6.49. The maximum atomic E-state index is 5.90. The van der Waals surface area contributed by atoms with E-state index in [-0.39, 0.29) is 0 Å². The highest BCUT2D eigenvalue weighted by atomic mass is 79.9. The van der Waals surface area contributed by atoms with Crippen molar-refractivity contribution in [1.82, 2.24) is 9.97 Å². The minimum atomic E-state index is 0.337. The van der Waals surface area contributed by atoms with Gasteiger partial charge in [0.05, 0.1) is 10.2 Å². The Labute approximate surface area is 132 Å². The molecule has 20 heavy (non-hydrogen) atoms. The lowest BCUT2D eigenvalue weighted by Crippen LogP contribution is -2.07. The molecule has 2 aromatic rings. The van der Waals surface area contributed by atoms with E-state index >= 15 is 0 Å². The second-order valence-electron chi connectivity index (χ2n) is 4.90. The quantitative estimate of drug-likeness (QED) is 0.868. The van der Waals surface area contributed by atoms with Crippen LogP contribution in [0.3, 0.4) is 0 Å². The first-order valence-corrected chi connectivity index (χ1v) is 7.67. The molecule has 0 fully saturated rings. The monoisotopic (exact) mass is 353 g/mol. The van der Waals surface area contributed by atoms with Crippen LogP contribution < -0.4 is 5.32 Å². The molecule has 3 nitrogen and oxygen atoms in total. The Morgan fingerprint density at radius 1 is 1.20 bits per heavy atom. The highest BCUT2D eigenvalue weighted by Gasteiger charge is 2.14. The van der Waals surface area contributed by atoms with E-state index in [1.165, 1.54) is 0 Å². The van der Waals surface area contributed by atoms with Crippen molar-refractivity contribution in [3.05, 3.63) is 50.8 Å². The second-order valence-corrected chi connectivity index (χ2v) is 6.13. The van der Waals surface area contributed by atoms with Crippen molar-refractivity contribution in [2.24, 2.45) is 0 Å². The molecule has 1 aromatic carbocycles. The van der Waals surface area contributed by atoms with Gasteiger partial charge in [0.25, 0.3) is 0 Å². The minimum Gasteiger partial charge on any atom is -0.372 e. The maximum Gasteiger partial charge on any atom is 0.144 e. The minimum absolute atomic E-state index is 0.337. The van der Waals surface area contributed by atoms with Crippen LogP contribution in [-0.2, 0) is 6.42 Å². The molecule has 1 N–H and O–H groups in total. The van der Waals surface area contributed by atoms with Gasteiger partial charge < -0.3 is 5.32 Å². The van der Waals surface area contributed by atoms with Gasteiger partial charge in [0.2, 0.25) is 0 Å². The number of aromatic nitrogens is 2. The van der Waals surface area contributed by atoms with E-state index in [2.05, 4.69) is 45.1 Å². The van der Waals surface area contributed by atoms with Crippen LogP contribution in [0.5, 0.6) is 0 Å². The molecule has 0 spiro atoms. The Morgan fingerprint density at radius 2 is 1.85 bits per heavy atom. The van der Waals surface area contributed by atoms with Crippen molar-refractivity contribution < 1.29 is 0 Å². The summed E-state index contributed by atoms with van der Waals surface area (Å²) in [6, 6.07) is 7.78. The lowest BCUT2D eigenvalue weighted by molar-refractivity contribution is 0.785. The summed E-state index contributed by atoms with van der Waals surface area (Å²) < 4.78 is 0.940. The summed E-state index contributed by atoms with van der Waals surface area (Å²) in [5.41, 5.74) is 2.17. The van der Waals surface area contributed by atoms with Crippen LogP contribution in [0.15, 0.2) is 28.7 Å². The van der Waals surface area contributed by atoms with Gasteiger partial charge in [0.1, 0.15) is 11.6 Å². The van der Waals surface area contributed by atoms with Crippen molar-refractivity contribution in [2.45, 2.75) is 26.2 Å². The lowest BCUT2D eigenvalue weighted by atomic mass is 10.1. The zero-order valence-corrected chi connectivity index (χ0v) is 14.1. The Bertz CT molecular complexity index is 597. The molecule has 0 atom stereocenters. The molecule has 106 valence electrons. The van der Waals surface area contributed by atoms with Gasteiger partial charge in [-0.3, -0.25) is 0 Å². The first kappa shape index (κ1) is 15.3. The summed E-state index contributed by atoms with van der Waals surface area (Å²) in [5.74, 6) is 1.97. The van der Waals surface area contributed by atoms with Gasteiger partial charge >= 0.3 is 0 Å². The van der Waals surface area contributed by atoms with E-state index in [1.54, 1.807) is 0 Å². The van der Waals surface area contributed by atoms with Crippen molar-refractivity contribution in [2.75, 3.05) is 12.4 Å². The largest absolute Gasteiger partial charge is 0.372 e. The third-order valence-electron chi connectivity index (χ3n) is 2.98. The van der Waals surface area contributed by atoms with E-state index in [1.807, 2.05) is 31.3 Å². The van der Waals surface area contributed by atoms with Crippen LogP contribution in [0.4, 0.5) is 5.82 Å². The summed E-state index contributed by atoms with van der Waals surface area (Å²) in [7, 11) is 1.86. The Balaban J connectivity index is 2.36. The van der Waals surface area contributed by atoms with Crippen LogP contribution >= 0.6 is 27.5 Å². The van der Waals surface area contributed by atoms with Crippen molar-refractivity contribution in [3.63, 3.8) is 0 Å². The molecule has 0 radical (unpaired) electrons. The normalized spacial score (nSPS) is 10.9. The molecule has 1 aromatic heterocycles. The highest BCUT2D eigenvalue weighted by molar-refractivity contribution is 9.10. The van der Waals surface area contributed by atoms with Gasteiger partial charge in [-0.25, -0.2) is 9.97 Å². The van der Waals surface area contributed by atoms with Gasteiger partial charge in [0, 0.05) is 18.5 Å². The fraction of sp³-hybridized carbons (Fsp3) is 0.333. The summed E-state index contributed by atoms with van der Waals surface area (Å²) in [5, 5.41) is 3.85. The number of nitrogens with zero attached hydrogens (tertiary/aromatic N) is 2. The van der Waals surface area contributed by atoms with E-state index in [0.717, 1.165) is 32.4 Å². The van der Waals surface area contributed by atoms with E-state index in [9.17, 15) is 0 Å². The van der Waals surface area contributed by atoms with Crippen LogP contribution in [0.1, 0.15) is 36.8 Å². The average molecular weight is 355 g/mol. The third kappa shape index (κ3) is 3.49. The van der Waals surface area contributed by atoms with Gasteiger partial charge in [0.15, 0.2) is 0 Å². The molecule has 0 unspecified atom stereocenters.